The van der Waals surface area contributed by atoms with Crippen LogP contribution in [0.4, 0.5) is 5.82 Å². The van der Waals surface area contributed by atoms with Gasteiger partial charge in [0.25, 0.3) is 0 Å². The van der Waals surface area contributed by atoms with E-state index >= 15 is 0 Å². The zero-order valence-corrected chi connectivity index (χ0v) is 18.6. The predicted molar refractivity (Wildman–Crippen MR) is 127 cm³/mol. The van der Waals surface area contributed by atoms with Crippen LogP contribution in [0.1, 0.15) is 21.5 Å². The number of nitrogens with zero attached hydrogens (tertiary/aromatic N) is 3. The number of aromatic nitrogens is 2. The van der Waals surface area contributed by atoms with E-state index < -0.39 is 5.97 Å². The first-order valence-corrected chi connectivity index (χ1v) is 10.9. The molecule has 0 unspecified atom stereocenters. The van der Waals surface area contributed by atoms with Crippen molar-refractivity contribution in [2.75, 3.05) is 51.8 Å². The highest BCUT2D eigenvalue weighted by Gasteiger charge is 2.13. The van der Waals surface area contributed by atoms with Crippen molar-refractivity contribution in [1.29, 1.82) is 0 Å². The number of carbonyl (C=O) groups excluding carboxylic acids is 1. The lowest BCUT2D eigenvalue weighted by molar-refractivity contribution is 0.0398. The zero-order valence-electron chi connectivity index (χ0n) is 18.6. The third kappa shape index (κ3) is 6.39. The zero-order chi connectivity index (χ0) is 22.9. The van der Waals surface area contributed by atoms with Gasteiger partial charge in [-0.3, -0.25) is 9.88 Å². The molecule has 2 aromatic heterocycles. The number of pyridine rings is 2. The molecule has 7 nitrogen and oxygen atoms in total. The molecule has 1 aliphatic heterocycles. The molecule has 7 heteroatoms. The average Bonchev–Trinajstić information content (AvgIpc) is 2.88. The van der Waals surface area contributed by atoms with Crippen molar-refractivity contribution in [3.63, 3.8) is 0 Å². The van der Waals surface area contributed by atoms with Crippen molar-refractivity contribution in [3.05, 3.63) is 77.6 Å². The minimum absolute atomic E-state index is 0.395. The van der Waals surface area contributed by atoms with Gasteiger partial charge in [0.15, 0.2) is 0 Å². The summed E-state index contributed by atoms with van der Waals surface area (Å²) in [5.41, 5.74) is 3.79. The first-order chi connectivity index (χ1) is 16.2. The summed E-state index contributed by atoms with van der Waals surface area (Å²) in [5, 5.41) is 3.34. The van der Waals surface area contributed by atoms with Crippen LogP contribution in [-0.2, 0) is 9.47 Å². The topological polar surface area (TPSA) is 76.6 Å². The second-order valence-electron chi connectivity index (χ2n) is 7.57. The Kier molecular flexibility index (Phi) is 7.64. The highest BCUT2D eigenvalue weighted by Crippen LogP contribution is 2.22. The molecule has 1 aliphatic rings. The maximum atomic E-state index is 12.2. The fraction of sp³-hybridized carbons (Fsp3) is 0.269. The molecule has 3 heterocycles. The number of rotatable bonds is 6. The number of morpholine rings is 1. The minimum Gasteiger partial charge on any atom is -0.465 e. The summed E-state index contributed by atoms with van der Waals surface area (Å²) in [6.45, 7) is 5.00. The van der Waals surface area contributed by atoms with Gasteiger partial charge in [-0.1, -0.05) is 24.0 Å². The van der Waals surface area contributed by atoms with Gasteiger partial charge in [-0.25, -0.2) is 9.78 Å². The van der Waals surface area contributed by atoms with Crippen molar-refractivity contribution in [3.8, 4) is 23.1 Å². The molecule has 3 aromatic rings. The first kappa shape index (κ1) is 22.5. The van der Waals surface area contributed by atoms with Crippen LogP contribution in [0.5, 0.6) is 0 Å². The number of hydrogen-bond acceptors (Lipinski definition) is 7. The highest BCUT2D eigenvalue weighted by molar-refractivity contribution is 5.91. The van der Waals surface area contributed by atoms with Gasteiger partial charge in [-0.05, 0) is 36.4 Å². The number of esters is 1. The summed E-state index contributed by atoms with van der Waals surface area (Å²) in [6.07, 6.45) is 3.46. The largest absolute Gasteiger partial charge is 0.465 e. The summed E-state index contributed by atoms with van der Waals surface area (Å²) in [4.78, 5) is 23.4. The summed E-state index contributed by atoms with van der Waals surface area (Å²) in [5.74, 6) is 6.48. The van der Waals surface area contributed by atoms with Crippen LogP contribution in [0.2, 0.25) is 0 Å². The van der Waals surface area contributed by atoms with Gasteiger partial charge < -0.3 is 14.8 Å². The molecule has 4 rings (SSSR count). The second kappa shape index (κ2) is 11.2. The van der Waals surface area contributed by atoms with E-state index in [1.165, 1.54) is 7.11 Å². The van der Waals surface area contributed by atoms with Crippen molar-refractivity contribution < 1.29 is 14.3 Å². The number of hydrogen-bond donors (Lipinski definition) is 1. The molecule has 0 aliphatic carbocycles. The molecule has 1 N–H and O–H groups in total. The molecule has 0 atom stereocenters. The summed E-state index contributed by atoms with van der Waals surface area (Å²) in [7, 11) is 1.38. The molecule has 1 fully saturated rings. The van der Waals surface area contributed by atoms with Gasteiger partial charge in [-0.15, -0.1) is 0 Å². The van der Waals surface area contributed by atoms with E-state index in [4.69, 9.17) is 14.5 Å². The SMILES string of the molecule is COC(=O)c1cc(NCCN2CCOCC2)nc(-c2ccc(C#Cc3cccnc3)cc2)c1. The average molecular weight is 443 g/mol. The van der Waals surface area contributed by atoms with Crippen LogP contribution >= 0.6 is 0 Å². The van der Waals surface area contributed by atoms with Crippen LogP contribution in [-0.4, -0.2) is 67.3 Å². The van der Waals surface area contributed by atoms with Crippen LogP contribution in [0.25, 0.3) is 11.3 Å². The van der Waals surface area contributed by atoms with E-state index in [-0.39, 0.29) is 0 Å². The molecular weight excluding hydrogens is 416 g/mol. The summed E-state index contributed by atoms with van der Waals surface area (Å²) in [6, 6.07) is 15.0. The fourth-order valence-corrected chi connectivity index (χ4v) is 3.48. The number of anilines is 1. The normalized spacial score (nSPS) is 13.6. The smallest absolute Gasteiger partial charge is 0.338 e. The van der Waals surface area contributed by atoms with E-state index in [0.29, 0.717) is 17.1 Å². The Morgan fingerprint density at radius 3 is 2.64 bits per heavy atom. The first-order valence-electron chi connectivity index (χ1n) is 10.9. The number of ether oxygens (including phenoxy) is 2. The standard InChI is InChI=1S/C26H26N4O3/c1-32-26(31)23-17-24(29-25(18-23)28-11-12-30-13-15-33-16-14-30)22-8-6-20(7-9-22)4-5-21-3-2-10-27-19-21/h2-3,6-10,17-19H,11-16H2,1H3,(H,28,29). The van der Waals surface area contributed by atoms with E-state index in [1.807, 2.05) is 36.4 Å². The number of nitrogens with one attached hydrogen (secondary N) is 1. The minimum atomic E-state index is -0.395. The number of benzene rings is 1. The Morgan fingerprint density at radius 1 is 1.12 bits per heavy atom. The van der Waals surface area contributed by atoms with Crippen LogP contribution in [0.3, 0.4) is 0 Å². The lowest BCUT2D eigenvalue weighted by Gasteiger charge is -2.26. The lowest BCUT2D eigenvalue weighted by Crippen LogP contribution is -2.39. The quantitative estimate of drug-likeness (QED) is 0.464. The van der Waals surface area contributed by atoms with Gasteiger partial charge in [0.1, 0.15) is 5.82 Å². The Bertz CT molecular complexity index is 1130. The molecule has 1 saturated heterocycles. The molecule has 168 valence electrons. The monoisotopic (exact) mass is 442 g/mol. The van der Waals surface area contributed by atoms with Crippen molar-refractivity contribution in [1.82, 2.24) is 14.9 Å². The second-order valence-corrected chi connectivity index (χ2v) is 7.57. The predicted octanol–water partition coefficient (Wildman–Crippen LogP) is 3.07. The van der Waals surface area contributed by atoms with E-state index in [1.54, 1.807) is 24.5 Å². The molecule has 0 saturated carbocycles. The highest BCUT2D eigenvalue weighted by atomic mass is 16.5. The van der Waals surface area contributed by atoms with Crippen molar-refractivity contribution in [2.45, 2.75) is 0 Å². The van der Waals surface area contributed by atoms with Crippen LogP contribution in [0, 0.1) is 11.8 Å². The Hall–Kier alpha value is -3.73. The van der Waals surface area contributed by atoms with Crippen LogP contribution in [0.15, 0.2) is 60.9 Å². The summed E-state index contributed by atoms with van der Waals surface area (Å²) >= 11 is 0. The lowest BCUT2D eigenvalue weighted by atomic mass is 10.1. The molecule has 0 spiro atoms. The number of carbonyl (C=O) groups is 1. The number of methoxy groups -OCH3 is 1. The molecular formula is C26H26N4O3. The van der Waals surface area contributed by atoms with Gasteiger partial charge in [0.2, 0.25) is 0 Å². The van der Waals surface area contributed by atoms with Gasteiger partial charge in [-0.2, -0.15) is 0 Å². The molecule has 0 amide bonds. The van der Waals surface area contributed by atoms with E-state index in [0.717, 1.165) is 56.1 Å². The third-order valence-electron chi connectivity index (χ3n) is 5.28. The van der Waals surface area contributed by atoms with Gasteiger partial charge in [0, 0.05) is 55.3 Å². The Morgan fingerprint density at radius 2 is 1.91 bits per heavy atom. The summed E-state index contributed by atoms with van der Waals surface area (Å²) < 4.78 is 10.3. The van der Waals surface area contributed by atoms with E-state index in [2.05, 4.69) is 27.0 Å². The molecule has 1 aromatic carbocycles. The third-order valence-corrected chi connectivity index (χ3v) is 5.28. The van der Waals surface area contributed by atoms with Crippen LogP contribution < -0.4 is 5.32 Å². The Labute approximate surface area is 193 Å². The van der Waals surface area contributed by atoms with Gasteiger partial charge >= 0.3 is 5.97 Å². The molecule has 33 heavy (non-hydrogen) atoms. The molecule has 0 bridgehead atoms. The van der Waals surface area contributed by atoms with Crippen molar-refractivity contribution in [2.24, 2.45) is 0 Å². The Balaban J connectivity index is 1.50. The van der Waals surface area contributed by atoms with Crippen molar-refractivity contribution >= 4 is 11.8 Å². The fourth-order valence-electron chi connectivity index (χ4n) is 3.48. The maximum absolute atomic E-state index is 12.2. The maximum Gasteiger partial charge on any atom is 0.338 e. The van der Waals surface area contributed by atoms with Gasteiger partial charge in [0.05, 0.1) is 31.6 Å². The van der Waals surface area contributed by atoms with E-state index in [9.17, 15) is 4.79 Å². The molecule has 0 radical (unpaired) electrons.